The molecule has 1 nitrogen and oxygen atoms in total. The van der Waals surface area contributed by atoms with Crippen molar-refractivity contribution in [3.05, 3.63) is 11.9 Å². The molecule has 0 aliphatic rings. The van der Waals surface area contributed by atoms with Crippen molar-refractivity contribution in [2.75, 3.05) is 12.8 Å². The van der Waals surface area contributed by atoms with E-state index in [1.54, 1.807) is 0 Å². The minimum absolute atomic E-state index is 0.642. The SMILES string of the molecule is CCCCCCCC(/C=C/P(C)(=O)CC(CCCCCC)CCCCCCC)CCCCCC. The highest BCUT2D eigenvalue weighted by atomic mass is 31.2. The summed E-state index contributed by atoms with van der Waals surface area (Å²) in [5.41, 5.74) is 0. The number of hydrogen-bond acceptors (Lipinski definition) is 1. The second-order valence-electron chi connectivity index (χ2n) is 11.4. The van der Waals surface area contributed by atoms with Crippen molar-refractivity contribution in [2.45, 2.75) is 169 Å². The van der Waals surface area contributed by atoms with Crippen LogP contribution in [0.15, 0.2) is 11.9 Å². The number of allylic oxidation sites excluding steroid dienone is 1. The molecule has 0 saturated heterocycles. The lowest BCUT2D eigenvalue weighted by Crippen LogP contribution is -2.07. The maximum atomic E-state index is 13.7. The van der Waals surface area contributed by atoms with Crippen LogP contribution in [0, 0.1) is 11.8 Å². The van der Waals surface area contributed by atoms with Gasteiger partial charge in [0.2, 0.25) is 0 Å². The molecule has 3 unspecified atom stereocenters. The van der Waals surface area contributed by atoms with E-state index in [0.717, 1.165) is 6.16 Å². The molecular weight excluding hydrogens is 431 g/mol. The van der Waals surface area contributed by atoms with Gasteiger partial charge in [-0.1, -0.05) is 149 Å². The Labute approximate surface area is 217 Å². The van der Waals surface area contributed by atoms with E-state index in [9.17, 15) is 4.57 Å². The van der Waals surface area contributed by atoms with Crippen LogP contribution >= 0.6 is 7.14 Å². The quantitative estimate of drug-likeness (QED) is 0.0859. The maximum Gasteiger partial charge on any atom is 0.105 e. The molecule has 0 fully saturated rings. The summed E-state index contributed by atoms with van der Waals surface area (Å²) in [6, 6.07) is 0. The number of hydrogen-bond donors (Lipinski definition) is 0. The summed E-state index contributed by atoms with van der Waals surface area (Å²) < 4.78 is 13.7. The molecule has 0 aliphatic heterocycles. The van der Waals surface area contributed by atoms with Gasteiger partial charge < -0.3 is 4.57 Å². The molecule has 2 heteroatoms. The van der Waals surface area contributed by atoms with Crippen molar-refractivity contribution >= 4 is 7.14 Å². The van der Waals surface area contributed by atoms with E-state index in [1.807, 2.05) is 0 Å². The molecule has 0 spiro atoms. The monoisotopic (exact) mass is 496 g/mol. The molecule has 34 heavy (non-hydrogen) atoms. The molecule has 0 amide bonds. The van der Waals surface area contributed by atoms with Crippen molar-refractivity contribution < 1.29 is 4.57 Å². The zero-order valence-corrected chi connectivity index (χ0v) is 25.3. The standard InChI is InChI=1S/C32H65OP/c1-6-10-14-18-22-25-31(24-20-16-12-8-3)28-29-34(5,33)30-32(26-21-17-13-9-4)27-23-19-15-11-7-2/h28-29,31-32H,6-27,30H2,1-5H3/b29-28+. The predicted molar refractivity (Wildman–Crippen MR) is 159 cm³/mol. The molecule has 0 aromatic rings. The summed E-state index contributed by atoms with van der Waals surface area (Å²) in [7, 11) is -2.19. The van der Waals surface area contributed by atoms with Gasteiger partial charge in [-0.3, -0.25) is 0 Å². The molecular formula is C32H65OP. The lowest BCUT2D eigenvalue weighted by atomic mass is 9.94. The Morgan fingerprint density at radius 2 is 0.882 bits per heavy atom. The van der Waals surface area contributed by atoms with Gasteiger partial charge in [-0.25, -0.2) is 0 Å². The van der Waals surface area contributed by atoms with Gasteiger partial charge in [0.1, 0.15) is 7.14 Å². The second kappa shape index (κ2) is 24.7. The molecule has 0 saturated carbocycles. The van der Waals surface area contributed by atoms with Gasteiger partial charge in [-0.15, -0.1) is 0 Å². The molecule has 0 aromatic heterocycles. The zero-order chi connectivity index (χ0) is 25.3. The van der Waals surface area contributed by atoms with Crippen LogP contribution in [-0.2, 0) is 4.57 Å². The van der Waals surface area contributed by atoms with Gasteiger partial charge in [-0.2, -0.15) is 0 Å². The Balaban J connectivity index is 4.84. The highest BCUT2D eigenvalue weighted by molar-refractivity contribution is 7.66. The fourth-order valence-corrected chi connectivity index (χ4v) is 7.40. The Hall–Kier alpha value is -0.0300. The zero-order valence-electron chi connectivity index (χ0n) is 24.4. The summed E-state index contributed by atoms with van der Waals surface area (Å²) >= 11 is 0. The molecule has 0 rings (SSSR count). The summed E-state index contributed by atoms with van der Waals surface area (Å²) in [6.45, 7) is 11.2. The lowest BCUT2D eigenvalue weighted by molar-refractivity contribution is 0.433. The van der Waals surface area contributed by atoms with Crippen molar-refractivity contribution in [1.29, 1.82) is 0 Å². The highest BCUT2D eigenvalue weighted by Crippen LogP contribution is 2.47. The minimum atomic E-state index is -2.19. The van der Waals surface area contributed by atoms with E-state index in [0.29, 0.717) is 11.8 Å². The van der Waals surface area contributed by atoms with Crippen LogP contribution in [-0.4, -0.2) is 12.8 Å². The van der Waals surface area contributed by atoms with E-state index < -0.39 is 7.14 Å². The Morgan fingerprint density at radius 1 is 0.529 bits per heavy atom. The molecule has 0 N–H and O–H groups in total. The third-order valence-electron chi connectivity index (χ3n) is 7.58. The van der Waals surface area contributed by atoms with Gasteiger partial charge >= 0.3 is 0 Å². The van der Waals surface area contributed by atoms with Gasteiger partial charge in [0.05, 0.1) is 0 Å². The van der Waals surface area contributed by atoms with Gasteiger partial charge in [0.25, 0.3) is 0 Å². The van der Waals surface area contributed by atoms with Crippen LogP contribution < -0.4 is 0 Å². The first-order valence-electron chi connectivity index (χ1n) is 15.7. The van der Waals surface area contributed by atoms with Crippen LogP contribution in [0.4, 0.5) is 0 Å². The third-order valence-corrected chi connectivity index (χ3v) is 9.63. The predicted octanol–water partition coefficient (Wildman–Crippen LogP) is 12.4. The fraction of sp³-hybridized carbons (Fsp3) is 0.938. The summed E-state index contributed by atoms with van der Waals surface area (Å²) in [6.07, 6.45) is 32.8. The molecule has 204 valence electrons. The van der Waals surface area contributed by atoms with E-state index in [4.69, 9.17) is 0 Å². The van der Waals surface area contributed by atoms with Crippen LogP contribution in [0.5, 0.6) is 0 Å². The second-order valence-corrected chi connectivity index (χ2v) is 14.4. The van der Waals surface area contributed by atoms with E-state index in [1.165, 1.54) is 141 Å². The first kappa shape index (κ1) is 34.0. The molecule has 0 aromatic carbocycles. The van der Waals surface area contributed by atoms with Crippen LogP contribution in [0.2, 0.25) is 0 Å². The average Bonchev–Trinajstić information content (AvgIpc) is 2.81. The molecule has 0 bridgehead atoms. The normalized spacial score (nSPS) is 15.6. The molecule has 3 atom stereocenters. The third kappa shape index (κ3) is 22.4. The summed E-state index contributed by atoms with van der Waals surface area (Å²) in [4.78, 5) is 0. The van der Waals surface area contributed by atoms with Gasteiger partial charge in [-0.05, 0) is 50.0 Å². The van der Waals surface area contributed by atoms with Crippen molar-refractivity contribution in [2.24, 2.45) is 11.8 Å². The summed E-state index contributed by atoms with van der Waals surface area (Å²) in [5.74, 6) is 3.51. The maximum absolute atomic E-state index is 13.7. The topological polar surface area (TPSA) is 17.1 Å². The number of rotatable bonds is 26. The molecule has 0 heterocycles. The van der Waals surface area contributed by atoms with Crippen molar-refractivity contribution in [3.8, 4) is 0 Å². The first-order chi connectivity index (χ1) is 16.5. The van der Waals surface area contributed by atoms with Crippen LogP contribution in [0.25, 0.3) is 0 Å². The largest absolute Gasteiger partial charge is 0.320 e. The molecule has 0 radical (unpaired) electrons. The lowest BCUT2D eigenvalue weighted by Gasteiger charge is -2.21. The van der Waals surface area contributed by atoms with E-state index >= 15 is 0 Å². The minimum Gasteiger partial charge on any atom is -0.320 e. The smallest absolute Gasteiger partial charge is 0.105 e. The Kier molecular flexibility index (Phi) is 24.6. The van der Waals surface area contributed by atoms with Crippen molar-refractivity contribution in [1.82, 2.24) is 0 Å². The van der Waals surface area contributed by atoms with Crippen LogP contribution in [0.1, 0.15) is 169 Å². The van der Waals surface area contributed by atoms with Crippen molar-refractivity contribution in [3.63, 3.8) is 0 Å². The first-order valence-corrected chi connectivity index (χ1v) is 18.1. The Bertz CT molecular complexity index is 483. The summed E-state index contributed by atoms with van der Waals surface area (Å²) in [5, 5.41) is 0. The van der Waals surface area contributed by atoms with Crippen LogP contribution in [0.3, 0.4) is 0 Å². The van der Waals surface area contributed by atoms with Gasteiger partial charge in [0, 0.05) is 6.16 Å². The van der Waals surface area contributed by atoms with Gasteiger partial charge in [0.15, 0.2) is 0 Å². The number of unbranched alkanes of at least 4 members (excludes halogenated alkanes) is 14. The fourth-order valence-electron chi connectivity index (χ4n) is 5.28. The molecule has 0 aliphatic carbocycles. The van der Waals surface area contributed by atoms with E-state index in [2.05, 4.69) is 46.3 Å². The average molecular weight is 497 g/mol. The Morgan fingerprint density at radius 3 is 1.29 bits per heavy atom. The highest BCUT2D eigenvalue weighted by Gasteiger charge is 2.20. The van der Waals surface area contributed by atoms with E-state index in [-0.39, 0.29) is 0 Å².